The number of nitrogens with one attached hydrogen (secondary N) is 1. The molecule has 0 saturated carbocycles. The van der Waals surface area contributed by atoms with E-state index < -0.39 is 0 Å². The van der Waals surface area contributed by atoms with Gasteiger partial charge in [0.25, 0.3) is 0 Å². The largest absolute Gasteiger partial charge is 0.282 e. The number of nitrogens with zero attached hydrogens (tertiary/aromatic N) is 5. The number of aromatic nitrogens is 6. The molecule has 0 aliphatic heterocycles. The van der Waals surface area contributed by atoms with Crippen molar-refractivity contribution in [3.8, 4) is 17.2 Å². The van der Waals surface area contributed by atoms with Gasteiger partial charge in [-0.15, -0.1) is 0 Å². The molecule has 0 aliphatic carbocycles. The summed E-state index contributed by atoms with van der Waals surface area (Å²) in [6, 6.07) is 14.2. The van der Waals surface area contributed by atoms with Gasteiger partial charge >= 0.3 is 0 Å². The summed E-state index contributed by atoms with van der Waals surface area (Å²) in [7, 11) is 0. The van der Waals surface area contributed by atoms with Gasteiger partial charge in [-0.05, 0) is 49.7 Å². The fourth-order valence-electron chi connectivity index (χ4n) is 2.73. The molecule has 3 heterocycles. The predicted molar refractivity (Wildman–Crippen MR) is 95.5 cm³/mol. The van der Waals surface area contributed by atoms with Crippen LogP contribution in [0, 0.1) is 13.8 Å². The molecule has 0 fully saturated rings. The van der Waals surface area contributed by atoms with Gasteiger partial charge in [0, 0.05) is 30.2 Å². The van der Waals surface area contributed by atoms with E-state index in [2.05, 4.69) is 37.4 Å². The second-order valence-corrected chi connectivity index (χ2v) is 6.06. The van der Waals surface area contributed by atoms with Crippen LogP contribution in [0.4, 0.5) is 0 Å². The Bertz CT molecular complexity index is 932. The minimum absolute atomic E-state index is 0.640. The van der Waals surface area contributed by atoms with Crippen LogP contribution in [0.3, 0.4) is 0 Å². The molecule has 3 aromatic heterocycles. The van der Waals surface area contributed by atoms with E-state index in [1.165, 1.54) is 5.56 Å². The molecule has 124 valence electrons. The standard InChI is InChI=1S/C19H18N6/c1-13-7-9-25(24-13)17-5-3-4-15(12-17)11-16-6-8-20-19(21-16)18-10-14(2)22-23-18/h3-10,12H,11H2,1-2H3,(H,22,23). The average molecular weight is 330 g/mol. The van der Waals surface area contributed by atoms with Gasteiger partial charge in [0.15, 0.2) is 5.82 Å². The van der Waals surface area contributed by atoms with E-state index in [-0.39, 0.29) is 0 Å². The topological polar surface area (TPSA) is 72.3 Å². The lowest BCUT2D eigenvalue weighted by Crippen LogP contribution is -1.99. The Hall–Kier alpha value is -3.28. The van der Waals surface area contributed by atoms with Crippen molar-refractivity contribution in [2.24, 2.45) is 0 Å². The summed E-state index contributed by atoms with van der Waals surface area (Å²) < 4.78 is 1.89. The van der Waals surface area contributed by atoms with Crippen LogP contribution < -0.4 is 0 Å². The van der Waals surface area contributed by atoms with Gasteiger partial charge in [0.05, 0.1) is 11.4 Å². The van der Waals surface area contributed by atoms with Gasteiger partial charge in [0.2, 0.25) is 0 Å². The van der Waals surface area contributed by atoms with E-state index in [1.54, 1.807) is 6.20 Å². The van der Waals surface area contributed by atoms with Crippen molar-refractivity contribution in [3.63, 3.8) is 0 Å². The molecule has 0 spiro atoms. The van der Waals surface area contributed by atoms with Crippen molar-refractivity contribution >= 4 is 0 Å². The Morgan fingerprint density at radius 3 is 2.76 bits per heavy atom. The summed E-state index contributed by atoms with van der Waals surface area (Å²) >= 11 is 0. The minimum Gasteiger partial charge on any atom is -0.282 e. The summed E-state index contributed by atoms with van der Waals surface area (Å²) in [6.07, 6.45) is 4.48. The van der Waals surface area contributed by atoms with Crippen molar-refractivity contribution < 1.29 is 0 Å². The highest BCUT2D eigenvalue weighted by atomic mass is 15.3. The molecule has 1 aromatic carbocycles. The quantitative estimate of drug-likeness (QED) is 0.623. The highest BCUT2D eigenvalue weighted by Gasteiger charge is 2.07. The highest BCUT2D eigenvalue weighted by molar-refractivity contribution is 5.49. The Morgan fingerprint density at radius 2 is 2.00 bits per heavy atom. The van der Waals surface area contributed by atoms with Crippen LogP contribution in [0.5, 0.6) is 0 Å². The second kappa shape index (κ2) is 6.32. The number of H-pyrrole nitrogens is 1. The first-order valence-electron chi connectivity index (χ1n) is 8.13. The van der Waals surface area contributed by atoms with Crippen molar-refractivity contribution in [1.29, 1.82) is 0 Å². The first-order valence-corrected chi connectivity index (χ1v) is 8.13. The highest BCUT2D eigenvalue weighted by Crippen LogP contribution is 2.16. The van der Waals surface area contributed by atoms with E-state index in [1.807, 2.05) is 55.1 Å². The molecule has 6 nitrogen and oxygen atoms in total. The summed E-state index contributed by atoms with van der Waals surface area (Å²) in [5, 5.41) is 11.6. The molecule has 6 heteroatoms. The molecule has 0 atom stereocenters. The van der Waals surface area contributed by atoms with E-state index in [9.17, 15) is 0 Å². The SMILES string of the molecule is Cc1ccn(-c2cccc(Cc3ccnc(-c4cc(C)[nH]n4)n3)c2)n1. The molecular formula is C19H18N6. The summed E-state index contributed by atoms with van der Waals surface area (Å²) in [5.74, 6) is 0.640. The molecule has 4 rings (SSSR count). The molecule has 0 radical (unpaired) electrons. The van der Waals surface area contributed by atoms with Crippen LogP contribution in [0.1, 0.15) is 22.6 Å². The Morgan fingerprint density at radius 1 is 1.08 bits per heavy atom. The molecule has 0 amide bonds. The van der Waals surface area contributed by atoms with Gasteiger partial charge in [0.1, 0.15) is 5.69 Å². The van der Waals surface area contributed by atoms with Crippen molar-refractivity contribution in [2.75, 3.05) is 0 Å². The lowest BCUT2D eigenvalue weighted by Gasteiger charge is -2.06. The summed E-state index contributed by atoms with van der Waals surface area (Å²) in [5.41, 5.74) is 5.93. The normalized spacial score (nSPS) is 11.0. The van der Waals surface area contributed by atoms with Crippen LogP contribution in [0.2, 0.25) is 0 Å². The molecule has 0 aliphatic rings. The lowest BCUT2D eigenvalue weighted by molar-refractivity contribution is 0.860. The van der Waals surface area contributed by atoms with Crippen LogP contribution in [-0.4, -0.2) is 29.9 Å². The van der Waals surface area contributed by atoms with E-state index >= 15 is 0 Å². The van der Waals surface area contributed by atoms with Crippen LogP contribution in [0.15, 0.2) is 54.9 Å². The number of hydrogen-bond donors (Lipinski definition) is 1. The van der Waals surface area contributed by atoms with Crippen LogP contribution in [0.25, 0.3) is 17.2 Å². The zero-order valence-electron chi connectivity index (χ0n) is 14.1. The smallest absolute Gasteiger partial charge is 0.180 e. The maximum absolute atomic E-state index is 4.64. The molecular weight excluding hydrogens is 312 g/mol. The van der Waals surface area contributed by atoms with E-state index in [0.717, 1.165) is 34.9 Å². The predicted octanol–water partition coefficient (Wildman–Crippen LogP) is 3.26. The van der Waals surface area contributed by atoms with Crippen molar-refractivity contribution in [1.82, 2.24) is 29.9 Å². The zero-order chi connectivity index (χ0) is 17.2. The first-order chi connectivity index (χ1) is 12.2. The molecule has 0 bridgehead atoms. The number of hydrogen-bond acceptors (Lipinski definition) is 4. The van der Waals surface area contributed by atoms with Crippen molar-refractivity contribution in [3.05, 3.63) is 77.5 Å². The molecule has 4 aromatic rings. The number of rotatable bonds is 4. The fraction of sp³-hybridized carbons (Fsp3) is 0.158. The number of benzene rings is 1. The second-order valence-electron chi connectivity index (χ2n) is 6.06. The van der Waals surface area contributed by atoms with Gasteiger partial charge in [-0.2, -0.15) is 10.2 Å². The molecule has 0 unspecified atom stereocenters. The summed E-state index contributed by atoms with van der Waals surface area (Å²) in [6.45, 7) is 3.95. The molecule has 25 heavy (non-hydrogen) atoms. The molecule has 0 saturated heterocycles. The van der Waals surface area contributed by atoms with Crippen LogP contribution >= 0.6 is 0 Å². The van der Waals surface area contributed by atoms with Gasteiger partial charge < -0.3 is 0 Å². The van der Waals surface area contributed by atoms with Gasteiger partial charge in [-0.3, -0.25) is 5.10 Å². The first kappa shape index (κ1) is 15.3. The van der Waals surface area contributed by atoms with Gasteiger partial charge in [-0.25, -0.2) is 14.6 Å². The lowest BCUT2D eigenvalue weighted by atomic mass is 10.1. The third-order valence-corrected chi connectivity index (χ3v) is 3.93. The van der Waals surface area contributed by atoms with Crippen molar-refractivity contribution in [2.45, 2.75) is 20.3 Å². The third kappa shape index (κ3) is 3.33. The fourth-order valence-corrected chi connectivity index (χ4v) is 2.73. The zero-order valence-corrected chi connectivity index (χ0v) is 14.1. The average Bonchev–Trinajstić information content (AvgIpc) is 3.24. The number of aromatic amines is 1. The Balaban J connectivity index is 1.60. The molecule has 1 N–H and O–H groups in total. The Labute approximate surface area is 145 Å². The monoisotopic (exact) mass is 330 g/mol. The van der Waals surface area contributed by atoms with E-state index in [4.69, 9.17) is 0 Å². The Kier molecular flexibility index (Phi) is 3.85. The minimum atomic E-state index is 0.640. The van der Waals surface area contributed by atoms with Gasteiger partial charge in [-0.1, -0.05) is 12.1 Å². The maximum Gasteiger partial charge on any atom is 0.180 e. The summed E-state index contributed by atoms with van der Waals surface area (Å²) in [4.78, 5) is 8.97. The number of aryl methyl sites for hydroxylation is 2. The third-order valence-electron chi connectivity index (χ3n) is 3.93. The van der Waals surface area contributed by atoms with E-state index in [0.29, 0.717) is 5.82 Å². The maximum atomic E-state index is 4.64. The van der Waals surface area contributed by atoms with Crippen LogP contribution in [-0.2, 0) is 6.42 Å².